The van der Waals surface area contributed by atoms with Gasteiger partial charge in [0, 0.05) is 31.5 Å². The fraction of sp³-hybridized carbons (Fsp3) is 0.348. The molecular formula is C23H25N3O4. The Labute approximate surface area is 174 Å². The van der Waals surface area contributed by atoms with Gasteiger partial charge in [-0.1, -0.05) is 12.1 Å². The average molecular weight is 407 g/mol. The summed E-state index contributed by atoms with van der Waals surface area (Å²) >= 11 is 0. The Morgan fingerprint density at radius 3 is 2.63 bits per heavy atom. The number of fused-ring (bicyclic) bond motifs is 1. The Kier molecular flexibility index (Phi) is 5.70. The highest BCUT2D eigenvalue weighted by Gasteiger charge is 2.33. The number of amides is 1. The van der Waals surface area contributed by atoms with E-state index >= 15 is 0 Å². The predicted molar refractivity (Wildman–Crippen MR) is 113 cm³/mol. The molecule has 0 spiro atoms. The second-order valence-corrected chi connectivity index (χ2v) is 7.79. The van der Waals surface area contributed by atoms with Crippen molar-refractivity contribution in [3.05, 3.63) is 59.9 Å². The number of piperidine rings is 1. The van der Waals surface area contributed by atoms with Crippen LogP contribution in [0.25, 0.3) is 11.0 Å². The second-order valence-electron chi connectivity index (χ2n) is 7.79. The SMILES string of the molecule is COc1ccc(C(=O)N2CCC(CC(=O)O)C(Cc3nc4ccccc4[nH]3)C2)cc1. The fourth-order valence-electron chi connectivity index (χ4n) is 4.26. The topological polar surface area (TPSA) is 95.5 Å². The molecule has 2 aromatic carbocycles. The normalized spacial score (nSPS) is 19.0. The lowest BCUT2D eigenvalue weighted by atomic mass is 9.81. The Hall–Kier alpha value is -3.35. The summed E-state index contributed by atoms with van der Waals surface area (Å²) < 4.78 is 5.16. The Bertz CT molecular complexity index is 1010. The third-order valence-corrected chi connectivity index (χ3v) is 5.85. The summed E-state index contributed by atoms with van der Waals surface area (Å²) in [6.45, 7) is 1.07. The number of carboxylic acids is 1. The van der Waals surface area contributed by atoms with Gasteiger partial charge in [0.15, 0.2) is 0 Å². The first-order chi connectivity index (χ1) is 14.5. The number of H-pyrrole nitrogens is 1. The number of likely N-dealkylation sites (tertiary alicyclic amines) is 1. The monoisotopic (exact) mass is 407 g/mol. The smallest absolute Gasteiger partial charge is 0.303 e. The molecule has 1 aromatic heterocycles. The number of ether oxygens (including phenoxy) is 1. The number of hydrogen-bond donors (Lipinski definition) is 2. The van der Waals surface area contributed by atoms with Crippen LogP contribution in [0, 0.1) is 11.8 Å². The number of aliphatic carboxylic acids is 1. The molecule has 3 aromatic rings. The first-order valence-electron chi connectivity index (χ1n) is 10.1. The number of carbonyl (C=O) groups excluding carboxylic acids is 1. The molecule has 2 heterocycles. The molecule has 0 saturated carbocycles. The van der Waals surface area contributed by atoms with Crippen LogP contribution in [0.3, 0.4) is 0 Å². The number of methoxy groups -OCH3 is 1. The predicted octanol–water partition coefficient (Wildman–Crippen LogP) is 3.37. The summed E-state index contributed by atoms with van der Waals surface area (Å²) in [5.41, 5.74) is 2.46. The largest absolute Gasteiger partial charge is 0.497 e. The van der Waals surface area contributed by atoms with Crippen LogP contribution in [0.5, 0.6) is 5.75 Å². The Morgan fingerprint density at radius 2 is 1.93 bits per heavy atom. The molecule has 2 unspecified atom stereocenters. The molecule has 30 heavy (non-hydrogen) atoms. The van der Waals surface area contributed by atoms with Crippen LogP contribution in [0.2, 0.25) is 0 Å². The minimum atomic E-state index is -0.801. The van der Waals surface area contributed by atoms with Gasteiger partial charge < -0.3 is 19.7 Å². The van der Waals surface area contributed by atoms with Crippen molar-refractivity contribution in [2.45, 2.75) is 19.3 Å². The van der Waals surface area contributed by atoms with Crippen molar-refractivity contribution in [3.63, 3.8) is 0 Å². The molecule has 1 aliphatic rings. The van der Waals surface area contributed by atoms with Crippen LogP contribution in [0.1, 0.15) is 29.0 Å². The molecule has 0 aliphatic carbocycles. The summed E-state index contributed by atoms with van der Waals surface area (Å²) in [6, 6.07) is 14.9. The maximum absolute atomic E-state index is 13.0. The van der Waals surface area contributed by atoms with Gasteiger partial charge in [0.05, 0.1) is 18.1 Å². The van der Waals surface area contributed by atoms with Gasteiger partial charge in [-0.2, -0.15) is 0 Å². The molecular weight excluding hydrogens is 382 g/mol. The third kappa shape index (κ3) is 4.30. The minimum Gasteiger partial charge on any atom is -0.497 e. The first kappa shape index (κ1) is 19.9. The van der Waals surface area contributed by atoms with E-state index in [1.807, 2.05) is 29.2 Å². The van der Waals surface area contributed by atoms with Gasteiger partial charge in [0.2, 0.25) is 0 Å². The number of aromatic nitrogens is 2. The van der Waals surface area contributed by atoms with Gasteiger partial charge in [-0.3, -0.25) is 9.59 Å². The van der Waals surface area contributed by atoms with Crippen molar-refractivity contribution >= 4 is 22.9 Å². The zero-order chi connectivity index (χ0) is 21.1. The molecule has 0 radical (unpaired) electrons. The van der Waals surface area contributed by atoms with Crippen molar-refractivity contribution in [1.29, 1.82) is 0 Å². The molecule has 2 atom stereocenters. The summed E-state index contributed by atoms with van der Waals surface area (Å²) in [5.74, 6) is 0.726. The summed E-state index contributed by atoms with van der Waals surface area (Å²) in [4.78, 5) is 34.2. The number of rotatable bonds is 6. The average Bonchev–Trinajstić information content (AvgIpc) is 3.16. The highest BCUT2D eigenvalue weighted by molar-refractivity contribution is 5.94. The summed E-state index contributed by atoms with van der Waals surface area (Å²) in [6.07, 6.45) is 1.38. The van der Waals surface area contributed by atoms with Gasteiger partial charge in [0.25, 0.3) is 5.91 Å². The summed E-state index contributed by atoms with van der Waals surface area (Å²) in [7, 11) is 1.59. The molecule has 1 saturated heterocycles. The van der Waals surface area contributed by atoms with E-state index in [4.69, 9.17) is 4.74 Å². The highest BCUT2D eigenvalue weighted by atomic mass is 16.5. The number of para-hydroxylation sites is 2. The van der Waals surface area contributed by atoms with E-state index in [2.05, 4.69) is 9.97 Å². The van der Waals surface area contributed by atoms with Crippen molar-refractivity contribution in [2.24, 2.45) is 11.8 Å². The number of imidazole rings is 1. The van der Waals surface area contributed by atoms with E-state index in [9.17, 15) is 14.7 Å². The molecule has 1 aliphatic heterocycles. The number of aromatic amines is 1. The maximum Gasteiger partial charge on any atom is 0.303 e. The van der Waals surface area contributed by atoms with Crippen LogP contribution >= 0.6 is 0 Å². The molecule has 2 N–H and O–H groups in total. The number of carboxylic acid groups (broad SMARTS) is 1. The van der Waals surface area contributed by atoms with E-state index in [1.165, 1.54) is 0 Å². The third-order valence-electron chi connectivity index (χ3n) is 5.85. The first-order valence-corrected chi connectivity index (χ1v) is 10.1. The highest BCUT2D eigenvalue weighted by Crippen LogP contribution is 2.30. The van der Waals surface area contributed by atoms with Crippen LogP contribution < -0.4 is 4.74 Å². The maximum atomic E-state index is 13.0. The molecule has 0 bridgehead atoms. The zero-order valence-electron chi connectivity index (χ0n) is 16.9. The van der Waals surface area contributed by atoms with Gasteiger partial charge in [0.1, 0.15) is 11.6 Å². The number of nitrogens with zero attached hydrogens (tertiary/aromatic N) is 2. The van der Waals surface area contributed by atoms with Gasteiger partial charge in [-0.25, -0.2) is 4.98 Å². The van der Waals surface area contributed by atoms with E-state index in [1.54, 1.807) is 31.4 Å². The second kappa shape index (κ2) is 8.57. The molecule has 7 nitrogen and oxygen atoms in total. The van der Waals surface area contributed by atoms with Crippen LogP contribution in [0.4, 0.5) is 0 Å². The van der Waals surface area contributed by atoms with Crippen molar-refractivity contribution in [2.75, 3.05) is 20.2 Å². The Morgan fingerprint density at radius 1 is 1.17 bits per heavy atom. The standard InChI is InChI=1S/C23H25N3O4/c1-30-18-8-6-15(7-9-18)23(29)26-11-10-16(13-22(27)28)17(14-26)12-21-24-19-4-2-3-5-20(19)25-21/h2-9,16-17H,10-14H2,1H3,(H,24,25)(H,27,28). The van der Waals surface area contributed by atoms with Gasteiger partial charge in [-0.05, 0) is 54.7 Å². The number of benzene rings is 2. The lowest BCUT2D eigenvalue weighted by Gasteiger charge is -2.38. The van der Waals surface area contributed by atoms with Crippen LogP contribution in [-0.4, -0.2) is 52.1 Å². The molecule has 7 heteroatoms. The van der Waals surface area contributed by atoms with E-state index in [0.29, 0.717) is 37.2 Å². The number of carbonyl (C=O) groups is 2. The van der Waals surface area contributed by atoms with Crippen molar-refractivity contribution in [1.82, 2.24) is 14.9 Å². The Balaban J connectivity index is 1.52. The minimum absolute atomic E-state index is 0.00984. The molecule has 156 valence electrons. The quantitative estimate of drug-likeness (QED) is 0.653. The van der Waals surface area contributed by atoms with E-state index in [-0.39, 0.29) is 24.2 Å². The zero-order valence-corrected chi connectivity index (χ0v) is 16.9. The van der Waals surface area contributed by atoms with Crippen LogP contribution in [0.15, 0.2) is 48.5 Å². The molecule has 1 amide bonds. The van der Waals surface area contributed by atoms with Gasteiger partial charge in [-0.15, -0.1) is 0 Å². The van der Waals surface area contributed by atoms with E-state index in [0.717, 1.165) is 16.9 Å². The molecule has 4 rings (SSSR count). The van der Waals surface area contributed by atoms with Crippen molar-refractivity contribution in [3.8, 4) is 5.75 Å². The van der Waals surface area contributed by atoms with Gasteiger partial charge >= 0.3 is 5.97 Å². The lowest BCUT2D eigenvalue weighted by Crippen LogP contribution is -2.45. The van der Waals surface area contributed by atoms with E-state index < -0.39 is 5.97 Å². The number of nitrogens with one attached hydrogen (secondary N) is 1. The van der Waals surface area contributed by atoms with Crippen LogP contribution in [-0.2, 0) is 11.2 Å². The number of hydrogen-bond acceptors (Lipinski definition) is 4. The molecule has 1 fully saturated rings. The lowest BCUT2D eigenvalue weighted by molar-refractivity contribution is -0.139. The fourth-order valence-corrected chi connectivity index (χ4v) is 4.26. The summed E-state index contributed by atoms with van der Waals surface area (Å²) in [5, 5.41) is 9.35. The van der Waals surface area contributed by atoms with Crippen molar-refractivity contribution < 1.29 is 19.4 Å².